The van der Waals surface area contributed by atoms with Gasteiger partial charge in [0.15, 0.2) is 0 Å². The second-order valence-corrected chi connectivity index (χ2v) is 4.88. The second-order valence-electron chi connectivity index (χ2n) is 3.11. The van der Waals surface area contributed by atoms with Crippen LogP contribution in [0.3, 0.4) is 0 Å². The van der Waals surface area contributed by atoms with Crippen LogP contribution in [-0.4, -0.2) is 26.0 Å². The third-order valence-electron chi connectivity index (χ3n) is 1.82. The van der Waals surface area contributed by atoms with Gasteiger partial charge in [-0.3, -0.25) is 4.79 Å². The number of anilines is 1. The molecule has 0 radical (unpaired) electrons. The zero-order valence-corrected chi connectivity index (χ0v) is 10.4. The van der Waals surface area contributed by atoms with Gasteiger partial charge in [-0.05, 0) is 24.3 Å². The lowest BCUT2D eigenvalue weighted by molar-refractivity contribution is -0.136. The molecule has 0 saturated carbocycles. The number of nitrogen functional groups attached to an aromatic ring is 1. The highest BCUT2D eigenvalue weighted by Gasteiger charge is 2.13. The molecule has 0 aliphatic rings. The number of nitrogens with one attached hydrogen (secondary N) is 1. The summed E-state index contributed by atoms with van der Waals surface area (Å²) < 4.78 is 25.3. The SMILES string of the molecule is Cl.Nc1ccc(S(=O)(=O)NCCC(=O)O)cc1. The highest BCUT2D eigenvalue weighted by atomic mass is 35.5. The maximum absolute atomic E-state index is 11.6. The van der Waals surface area contributed by atoms with Gasteiger partial charge in [-0.25, -0.2) is 13.1 Å². The maximum Gasteiger partial charge on any atom is 0.304 e. The van der Waals surface area contributed by atoms with E-state index in [0.717, 1.165) is 0 Å². The molecule has 0 unspecified atom stereocenters. The number of hydrogen-bond acceptors (Lipinski definition) is 4. The molecule has 1 rings (SSSR count). The van der Waals surface area contributed by atoms with Gasteiger partial charge in [-0.15, -0.1) is 12.4 Å². The number of sulfonamides is 1. The average molecular weight is 281 g/mol. The van der Waals surface area contributed by atoms with Gasteiger partial charge in [0.05, 0.1) is 11.3 Å². The van der Waals surface area contributed by atoms with Crippen LogP contribution in [0.2, 0.25) is 0 Å². The van der Waals surface area contributed by atoms with Crippen LogP contribution < -0.4 is 10.5 Å². The molecule has 4 N–H and O–H groups in total. The van der Waals surface area contributed by atoms with E-state index in [1.807, 2.05) is 0 Å². The smallest absolute Gasteiger partial charge is 0.304 e. The molecule has 0 amide bonds. The van der Waals surface area contributed by atoms with E-state index in [9.17, 15) is 13.2 Å². The summed E-state index contributed by atoms with van der Waals surface area (Å²) in [5.41, 5.74) is 5.88. The lowest BCUT2D eigenvalue weighted by Crippen LogP contribution is -2.26. The molecule has 6 nitrogen and oxygen atoms in total. The number of benzene rings is 1. The Morgan fingerprint density at radius 1 is 1.29 bits per heavy atom. The number of rotatable bonds is 5. The summed E-state index contributed by atoms with van der Waals surface area (Å²) in [4.78, 5) is 10.3. The quantitative estimate of drug-likeness (QED) is 0.678. The van der Waals surface area contributed by atoms with Crippen molar-refractivity contribution >= 4 is 34.1 Å². The van der Waals surface area contributed by atoms with E-state index in [1.54, 1.807) is 0 Å². The van der Waals surface area contributed by atoms with E-state index in [0.29, 0.717) is 5.69 Å². The number of carboxylic acid groups (broad SMARTS) is 1. The fourth-order valence-electron chi connectivity index (χ4n) is 1.02. The molecule has 0 saturated heterocycles. The van der Waals surface area contributed by atoms with E-state index in [-0.39, 0.29) is 30.3 Å². The minimum atomic E-state index is -3.64. The minimum absolute atomic E-state index is 0. The van der Waals surface area contributed by atoms with Crippen molar-refractivity contribution in [1.82, 2.24) is 4.72 Å². The molecule has 0 aliphatic carbocycles. The first-order valence-corrected chi connectivity index (χ1v) is 5.97. The molecular formula is C9H13ClN2O4S. The van der Waals surface area contributed by atoms with Gasteiger partial charge in [-0.2, -0.15) is 0 Å². The number of nitrogens with two attached hydrogens (primary N) is 1. The Hall–Kier alpha value is -1.31. The maximum atomic E-state index is 11.6. The Kier molecular flexibility index (Phi) is 5.94. The first-order chi connectivity index (χ1) is 7.42. The molecule has 0 aromatic heterocycles. The molecule has 1 aromatic carbocycles. The number of halogens is 1. The van der Waals surface area contributed by atoms with E-state index in [1.165, 1.54) is 24.3 Å². The molecule has 8 heteroatoms. The Labute approximate surface area is 105 Å². The Morgan fingerprint density at radius 2 is 1.82 bits per heavy atom. The molecule has 1 aromatic rings. The van der Waals surface area contributed by atoms with Gasteiger partial charge in [0.1, 0.15) is 0 Å². The second kappa shape index (κ2) is 6.43. The highest BCUT2D eigenvalue weighted by Crippen LogP contribution is 2.10. The van der Waals surface area contributed by atoms with Gasteiger partial charge >= 0.3 is 5.97 Å². The van der Waals surface area contributed by atoms with E-state index < -0.39 is 16.0 Å². The third-order valence-corrected chi connectivity index (χ3v) is 3.30. The normalized spacial score (nSPS) is 10.6. The summed E-state index contributed by atoms with van der Waals surface area (Å²) in [6, 6.07) is 5.65. The van der Waals surface area contributed by atoms with Gasteiger partial charge in [0.25, 0.3) is 0 Å². The summed E-state index contributed by atoms with van der Waals surface area (Å²) in [7, 11) is -3.64. The fraction of sp³-hybridized carbons (Fsp3) is 0.222. The van der Waals surface area contributed by atoms with Gasteiger partial charge in [-0.1, -0.05) is 0 Å². The standard InChI is InChI=1S/C9H12N2O4S.ClH/c10-7-1-3-8(4-2-7)16(14,15)11-6-5-9(12)13;/h1-4,11H,5-6,10H2,(H,12,13);1H. The van der Waals surface area contributed by atoms with E-state index in [2.05, 4.69) is 4.72 Å². The largest absolute Gasteiger partial charge is 0.481 e. The van der Waals surface area contributed by atoms with Crippen molar-refractivity contribution in [3.8, 4) is 0 Å². The lowest BCUT2D eigenvalue weighted by atomic mass is 10.3. The monoisotopic (exact) mass is 280 g/mol. The van der Waals surface area contributed by atoms with Gasteiger partial charge < -0.3 is 10.8 Å². The Bertz CT molecular complexity index is 472. The van der Waals surface area contributed by atoms with Crippen molar-refractivity contribution in [3.63, 3.8) is 0 Å². The molecule has 0 atom stereocenters. The molecular weight excluding hydrogens is 268 g/mol. The predicted molar refractivity (Wildman–Crippen MR) is 65.5 cm³/mol. The van der Waals surface area contributed by atoms with Crippen LogP contribution in [0.5, 0.6) is 0 Å². The first kappa shape index (κ1) is 15.7. The molecule has 0 fully saturated rings. The van der Waals surface area contributed by atoms with Crippen LogP contribution in [0, 0.1) is 0 Å². The third kappa shape index (κ3) is 5.03. The number of carbonyl (C=O) groups is 1. The van der Waals surface area contributed by atoms with Crippen molar-refractivity contribution in [1.29, 1.82) is 0 Å². The number of carboxylic acids is 1. The van der Waals surface area contributed by atoms with Crippen molar-refractivity contribution in [2.75, 3.05) is 12.3 Å². The van der Waals surface area contributed by atoms with Crippen LogP contribution in [0.25, 0.3) is 0 Å². The zero-order valence-electron chi connectivity index (χ0n) is 8.79. The van der Waals surface area contributed by atoms with Crippen LogP contribution >= 0.6 is 12.4 Å². The average Bonchev–Trinajstić information content (AvgIpc) is 2.17. The van der Waals surface area contributed by atoms with Crippen LogP contribution in [0.15, 0.2) is 29.2 Å². The highest BCUT2D eigenvalue weighted by molar-refractivity contribution is 7.89. The van der Waals surface area contributed by atoms with E-state index >= 15 is 0 Å². The lowest BCUT2D eigenvalue weighted by Gasteiger charge is -2.05. The first-order valence-electron chi connectivity index (χ1n) is 4.49. The van der Waals surface area contributed by atoms with Crippen molar-refractivity contribution in [2.24, 2.45) is 0 Å². The predicted octanol–water partition coefficient (Wildman–Crippen LogP) is 0.444. The van der Waals surface area contributed by atoms with Crippen molar-refractivity contribution < 1.29 is 18.3 Å². The zero-order chi connectivity index (χ0) is 12.2. The molecule has 0 aliphatic heterocycles. The summed E-state index contributed by atoms with van der Waals surface area (Å²) >= 11 is 0. The molecule has 0 spiro atoms. The fourth-order valence-corrected chi connectivity index (χ4v) is 2.05. The van der Waals surface area contributed by atoms with Gasteiger partial charge in [0.2, 0.25) is 10.0 Å². The Morgan fingerprint density at radius 3 is 2.29 bits per heavy atom. The van der Waals surface area contributed by atoms with Crippen LogP contribution in [0.4, 0.5) is 5.69 Å². The summed E-state index contributed by atoms with van der Waals surface area (Å²) in [6.07, 6.45) is -0.256. The topological polar surface area (TPSA) is 109 Å². The summed E-state index contributed by atoms with van der Waals surface area (Å²) in [6.45, 7) is -0.137. The van der Waals surface area contributed by atoms with Gasteiger partial charge in [0, 0.05) is 12.2 Å². The Balaban J connectivity index is 0.00000256. The molecule has 96 valence electrons. The van der Waals surface area contributed by atoms with E-state index in [4.69, 9.17) is 10.8 Å². The number of aliphatic carboxylic acids is 1. The molecule has 0 bridgehead atoms. The minimum Gasteiger partial charge on any atom is -0.481 e. The molecule has 17 heavy (non-hydrogen) atoms. The van der Waals surface area contributed by atoms with Crippen LogP contribution in [0.1, 0.15) is 6.42 Å². The number of hydrogen-bond donors (Lipinski definition) is 3. The van der Waals surface area contributed by atoms with Crippen molar-refractivity contribution in [3.05, 3.63) is 24.3 Å². The summed E-state index contributed by atoms with van der Waals surface area (Å²) in [5, 5.41) is 8.37. The summed E-state index contributed by atoms with van der Waals surface area (Å²) in [5.74, 6) is -1.06. The van der Waals surface area contributed by atoms with Crippen LogP contribution in [-0.2, 0) is 14.8 Å². The molecule has 0 heterocycles. The van der Waals surface area contributed by atoms with Crippen molar-refractivity contribution in [2.45, 2.75) is 11.3 Å².